The predicted molar refractivity (Wildman–Crippen MR) is 98.2 cm³/mol. The van der Waals surface area contributed by atoms with Crippen LogP contribution in [-0.4, -0.2) is 35.0 Å². The quantitative estimate of drug-likeness (QED) is 0.649. The van der Waals surface area contributed by atoms with Crippen molar-refractivity contribution in [2.24, 2.45) is 0 Å². The van der Waals surface area contributed by atoms with Gasteiger partial charge in [0.25, 0.3) is 5.91 Å². The summed E-state index contributed by atoms with van der Waals surface area (Å²) < 4.78 is 5.34. The van der Waals surface area contributed by atoms with E-state index in [-0.39, 0.29) is 5.91 Å². The molecule has 0 aliphatic rings. The summed E-state index contributed by atoms with van der Waals surface area (Å²) in [4.78, 5) is 16.2. The van der Waals surface area contributed by atoms with Crippen LogP contribution in [0.1, 0.15) is 27.4 Å². The maximum absolute atomic E-state index is 12.5. The Balaban J connectivity index is 1.57. The maximum Gasteiger partial charge on any atom is 0.276 e. The lowest BCUT2D eigenvalue weighted by molar-refractivity contribution is 0.0774. The smallest absolute Gasteiger partial charge is 0.276 e. The van der Waals surface area contributed by atoms with Gasteiger partial charge in [-0.2, -0.15) is 11.3 Å². The van der Waals surface area contributed by atoms with Gasteiger partial charge in [0.05, 0.1) is 6.54 Å². The molecule has 0 bridgehead atoms. The zero-order chi connectivity index (χ0) is 17.6. The number of aromatic nitrogens is 1. The van der Waals surface area contributed by atoms with E-state index in [9.17, 15) is 4.79 Å². The van der Waals surface area contributed by atoms with E-state index in [2.05, 4.69) is 22.2 Å². The molecule has 1 aromatic carbocycles. The van der Waals surface area contributed by atoms with Crippen molar-refractivity contribution in [3.05, 3.63) is 75.8 Å². The minimum Gasteiger partial charge on any atom is -0.359 e. The van der Waals surface area contributed by atoms with Gasteiger partial charge in [-0.3, -0.25) is 9.69 Å². The van der Waals surface area contributed by atoms with Crippen molar-refractivity contribution in [3.63, 3.8) is 0 Å². The van der Waals surface area contributed by atoms with E-state index < -0.39 is 0 Å². The number of benzene rings is 1. The van der Waals surface area contributed by atoms with E-state index >= 15 is 0 Å². The van der Waals surface area contributed by atoms with Gasteiger partial charge in [-0.15, -0.1) is 0 Å². The van der Waals surface area contributed by atoms with E-state index in [1.54, 1.807) is 29.4 Å². The number of nitrogens with zero attached hydrogens (tertiary/aromatic N) is 3. The molecule has 0 aliphatic carbocycles. The second-order valence-electron chi connectivity index (χ2n) is 6.13. The Morgan fingerprint density at radius 3 is 2.60 bits per heavy atom. The summed E-state index contributed by atoms with van der Waals surface area (Å²) in [6.07, 6.45) is 0. The first kappa shape index (κ1) is 17.4. The third-order valence-electron chi connectivity index (χ3n) is 3.85. The SMILES string of the molecule is CN(Cc1ccccc1)Cc1cc(C(=O)N(C)Cc2ccsc2)no1. The molecule has 0 saturated carbocycles. The molecule has 0 saturated heterocycles. The zero-order valence-corrected chi connectivity index (χ0v) is 15.2. The number of carbonyl (C=O) groups is 1. The number of rotatable bonds is 7. The van der Waals surface area contributed by atoms with E-state index in [1.807, 2.05) is 42.1 Å². The van der Waals surface area contributed by atoms with Crippen LogP contribution in [0.4, 0.5) is 0 Å². The summed E-state index contributed by atoms with van der Waals surface area (Å²) in [5.74, 6) is 0.553. The highest BCUT2D eigenvalue weighted by Gasteiger charge is 2.18. The van der Waals surface area contributed by atoms with Crippen molar-refractivity contribution in [2.45, 2.75) is 19.6 Å². The number of thiophene rings is 1. The van der Waals surface area contributed by atoms with Crippen molar-refractivity contribution in [1.82, 2.24) is 15.0 Å². The molecule has 0 unspecified atom stereocenters. The maximum atomic E-state index is 12.5. The first-order valence-corrected chi connectivity index (χ1v) is 9.00. The van der Waals surface area contributed by atoms with Gasteiger partial charge in [0.2, 0.25) is 0 Å². The molecule has 0 fully saturated rings. The fourth-order valence-electron chi connectivity index (χ4n) is 2.63. The average molecular weight is 355 g/mol. The summed E-state index contributed by atoms with van der Waals surface area (Å²) in [6.45, 7) is 1.98. The minimum atomic E-state index is -0.132. The molecular weight excluding hydrogens is 334 g/mol. The van der Waals surface area contributed by atoms with Crippen molar-refractivity contribution >= 4 is 17.2 Å². The molecule has 0 aliphatic heterocycles. The summed E-state index contributed by atoms with van der Waals surface area (Å²) in [5, 5.41) is 7.98. The number of hydrogen-bond acceptors (Lipinski definition) is 5. The van der Waals surface area contributed by atoms with E-state index in [1.165, 1.54) is 5.56 Å². The molecular formula is C19H21N3O2S. The summed E-state index contributed by atoms with van der Waals surface area (Å²) in [5.41, 5.74) is 2.70. The fraction of sp³-hybridized carbons (Fsp3) is 0.263. The highest BCUT2D eigenvalue weighted by atomic mass is 32.1. The predicted octanol–water partition coefficient (Wildman–Crippen LogP) is 3.64. The fourth-order valence-corrected chi connectivity index (χ4v) is 3.29. The van der Waals surface area contributed by atoms with Crippen LogP contribution in [0.25, 0.3) is 0 Å². The molecule has 6 heteroatoms. The largest absolute Gasteiger partial charge is 0.359 e. The third-order valence-corrected chi connectivity index (χ3v) is 4.58. The summed E-state index contributed by atoms with van der Waals surface area (Å²) >= 11 is 1.62. The van der Waals surface area contributed by atoms with Crippen LogP contribution >= 0.6 is 11.3 Å². The molecule has 2 heterocycles. The lowest BCUT2D eigenvalue weighted by atomic mass is 10.2. The van der Waals surface area contributed by atoms with E-state index in [0.29, 0.717) is 24.5 Å². The van der Waals surface area contributed by atoms with Gasteiger partial charge in [0.1, 0.15) is 0 Å². The molecule has 130 valence electrons. The molecule has 1 amide bonds. The Morgan fingerprint density at radius 1 is 1.08 bits per heavy atom. The molecule has 0 radical (unpaired) electrons. The summed E-state index contributed by atoms with van der Waals surface area (Å²) in [6, 6.07) is 14.0. The average Bonchev–Trinajstić information content (AvgIpc) is 3.27. The molecule has 5 nitrogen and oxygen atoms in total. The molecule has 3 rings (SSSR count). The number of hydrogen-bond donors (Lipinski definition) is 0. The highest BCUT2D eigenvalue weighted by molar-refractivity contribution is 7.07. The van der Waals surface area contributed by atoms with Crippen LogP contribution in [0.15, 0.2) is 57.7 Å². The van der Waals surface area contributed by atoms with Gasteiger partial charge >= 0.3 is 0 Å². The second kappa shape index (κ2) is 8.09. The Bertz CT molecular complexity index is 799. The molecule has 3 aromatic rings. The lowest BCUT2D eigenvalue weighted by Crippen LogP contribution is -2.26. The van der Waals surface area contributed by atoms with Crippen molar-refractivity contribution in [3.8, 4) is 0 Å². The van der Waals surface area contributed by atoms with E-state index in [0.717, 1.165) is 12.1 Å². The van der Waals surface area contributed by atoms with Crippen molar-refractivity contribution in [1.29, 1.82) is 0 Å². The lowest BCUT2D eigenvalue weighted by Gasteiger charge is -2.15. The Morgan fingerprint density at radius 2 is 1.88 bits per heavy atom. The van der Waals surface area contributed by atoms with E-state index in [4.69, 9.17) is 4.52 Å². The van der Waals surface area contributed by atoms with Gasteiger partial charge < -0.3 is 9.42 Å². The van der Waals surface area contributed by atoms with Gasteiger partial charge in [-0.1, -0.05) is 35.5 Å². The Labute approximate surface area is 151 Å². The van der Waals surface area contributed by atoms with Crippen LogP contribution < -0.4 is 0 Å². The summed E-state index contributed by atoms with van der Waals surface area (Å²) in [7, 11) is 3.79. The van der Waals surface area contributed by atoms with Gasteiger partial charge in [0.15, 0.2) is 11.5 Å². The second-order valence-corrected chi connectivity index (χ2v) is 6.91. The van der Waals surface area contributed by atoms with Crippen molar-refractivity contribution < 1.29 is 9.32 Å². The van der Waals surface area contributed by atoms with Crippen LogP contribution in [0.2, 0.25) is 0 Å². The monoisotopic (exact) mass is 355 g/mol. The van der Waals surface area contributed by atoms with Gasteiger partial charge in [-0.25, -0.2) is 0 Å². The van der Waals surface area contributed by atoms with Crippen LogP contribution in [0.3, 0.4) is 0 Å². The normalized spacial score (nSPS) is 11.0. The first-order chi connectivity index (χ1) is 12.1. The zero-order valence-electron chi connectivity index (χ0n) is 14.4. The molecule has 25 heavy (non-hydrogen) atoms. The highest BCUT2D eigenvalue weighted by Crippen LogP contribution is 2.13. The molecule has 0 N–H and O–H groups in total. The topological polar surface area (TPSA) is 49.6 Å². The van der Waals surface area contributed by atoms with Gasteiger partial charge in [-0.05, 0) is 35.0 Å². The van der Waals surface area contributed by atoms with Crippen molar-refractivity contribution in [2.75, 3.05) is 14.1 Å². The number of carbonyl (C=O) groups excluding carboxylic acids is 1. The van der Waals surface area contributed by atoms with Crippen LogP contribution in [-0.2, 0) is 19.6 Å². The number of amides is 1. The third kappa shape index (κ3) is 4.78. The standard InChI is InChI=1S/C19H21N3O2S/c1-21(11-15-6-4-3-5-7-15)13-17-10-18(20-24-17)19(23)22(2)12-16-8-9-25-14-16/h3-10,14H,11-13H2,1-2H3. The molecule has 0 spiro atoms. The van der Waals surface area contributed by atoms with Crippen LogP contribution in [0, 0.1) is 0 Å². The minimum absolute atomic E-state index is 0.132. The van der Waals surface area contributed by atoms with Crippen LogP contribution in [0.5, 0.6) is 0 Å². The molecule has 0 atom stereocenters. The Hall–Kier alpha value is -2.44. The van der Waals surface area contributed by atoms with Gasteiger partial charge in [0, 0.05) is 26.2 Å². The Kier molecular flexibility index (Phi) is 5.63. The first-order valence-electron chi connectivity index (χ1n) is 8.06. The molecule has 2 aromatic heterocycles.